The van der Waals surface area contributed by atoms with Crippen molar-refractivity contribution in [3.8, 4) is 10.6 Å². The van der Waals surface area contributed by atoms with Gasteiger partial charge in [-0.15, -0.1) is 11.3 Å². The summed E-state index contributed by atoms with van der Waals surface area (Å²) in [5, 5.41) is 10.2. The molecule has 0 saturated carbocycles. The smallest absolute Gasteiger partial charge is 0.275 e. The van der Waals surface area contributed by atoms with Crippen molar-refractivity contribution < 1.29 is 13.2 Å². The van der Waals surface area contributed by atoms with E-state index in [2.05, 4.69) is 10.3 Å². The fourth-order valence-corrected chi connectivity index (χ4v) is 3.78. The van der Waals surface area contributed by atoms with Crippen molar-refractivity contribution in [3.63, 3.8) is 0 Å². The van der Waals surface area contributed by atoms with Gasteiger partial charge in [-0.2, -0.15) is 0 Å². The number of aryl methyl sites for hydroxylation is 1. The van der Waals surface area contributed by atoms with E-state index in [-0.39, 0.29) is 11.7 Å². The lowest BCUT2D eigenvalue weighted by molar-refractivity contribution is 0.102. The lowest BCUT2D eigenvalue weighted by atomic mass is 10.2. The minimum atomic E-state index is -3.58. The molecule has 0 aliphatic carbocycles. The van der Waals surface area contributed by atoms with Gasteiger partial charge in [0, 0.05) is 16.6 Å². The highest BCUT2D eigenvalue weighted by Crippen LogP contribution is 2.24. The van der Waals surface area contributed by atoms with E-state index in [1.807, 2.05) is 31.2 Å². The molecule has 3 N–H and O–H groups in total. The molecule has 1 heterocycles. The quantitative estimate of drug-likeness (QED) is 0.702. The van der Waals surface area contributed by atoms with Gasteiger partial charge in [-0.1, -0.05) is 42.0 Å². The number of nitrogens with zero attached hydrogens (tertiary/aromatic N) is 1. The molecule has 0 aliphatic heterocycles. The normalized spacial score (nSPS) is 11.3. The van der Waals surface area contributed by atoms with Gasteiger partial charge >= 0.3 is 0 Å². The number of amides is 1. The molecule has 0 aliphatic rings. The summed E-state index contributed by atoms with van der Waals surface area (Å²) in [6.07, 6.45) is 0. The first-order valence-electron chi connectivity index (χ1n) is 7.73. The molecule has 8 heteroatoms. The summed E-state index contributed by atoms with van der Waals surface area (Å²) < 4.78 is 22.2. The Morgan fingerprint density at radius 1 is 1.12 bits per heavy atom. The lowest BCUT2D eigenvalue weighted by Crippen LogP contribution is -2.15. The van der Waals surface area contributed by atoms with Crippen LogP contribution in [0.2, 0.25) is 0 Å². The Balaban J connectivity index is 1.69. The predicted octanol–water partition coefficient (Wildman–Crippen LogP) is 3.16. The summed E-state index contributed by atoms with van der Waals surface area (Å²) in [4.78, 5) is 16.7. The van der Waals surface area contributed by atoms with Crippen molar-refractivity contribution in [1.29, 1.82) is 0 Å². The number of hydrogen-bond acceptors (Lipinski definition) is 5. The van der Waals surface area contributed by atoms with Crippen LogP contribution in [0, 0.1) is 6.92 Å². The Bertz CT molecular complexity index is 1020. The summed E-state index contributed by atoms with van der Waals surface area (Å²) in [5.74, 6) is -0.563. The Labute approximate surface area is 155 Å². The summed E-state index contributed by atoms with van der Waals surface area (Å²) in [5.41, 5.74) is 3.57. The van der Waals surface area contributed by atoms with Crippen LogP contribution >= 0.6 is 11.3 Å². The maximum Gasteiger partial charge on any atom is 0.275 e. The number of nitrogens with two attached hydrogens (primary N) is 1. The van der Waals surface area contributed by atoms with Crippen LogP contribution in [0.3, 0.4) is 0 Å². The number of primary sulfonamides is 1. The molecule has 0 unspecified atom stereocenters. The average Bonchev–Trinajstić information content (AvgIpc) is 3.06. The van der Waals surface area contributed by atoms with Crippen LogP contribution in [0.5, 0.6) is 0 Å². The largest absolute Gasteiger partial charge is 0.321 e. The van der Waals surface area contributed by atoms with Gasteiger partial charge in [0.15, 0.2) is 0 Å². The minimum Gasteiger partial charge on any atom is -0.321 e. The third-order valence-corrected chi connectivity index (χ3v) is 5.24. The summed E-state index contributed by atoms with van der Waals surface area (Å²) >= 11 is 1.40. The first-order valence-corrected chi connectivity index (χ1v) is 10.3. The van der Waals surface area contributed by atoms with Gasteiger partial charge in [-0.3, -0.25) is 4.79 Å². The summed E-state index contributed by atoms with van der Waals surface area (Å²) in [7, 11) is -3.58. The van der Waals surface area contributed by atoms with Crippen LogP contribution in [0.1, 0.15) is 21.6 Å². The van der Waals surface area contributed by atoms with Crippen LogP contribution in [0.15, 0.2) is 53.9 Å². The fourth-order valence-electron chi connectivity index (χ4n) is 2.32. The van der Waals surface area contributed by atoms with E-state index in [4.69, 9.17) is 5.14 Å². The average molecular weight is 387 g/mol. The summed E-state index contributed by atoms with van der Waals surface area (Å²) in [6, 6.07) is 14.4. The minimum absolute atomic E-state index is 0.243. The number of carbonyl (C=O) groups is 1. The second-order valence-electron chi connectivity index (χ2n) is 5.86. The Morgan fingerprint density at radius 2 is 1.77 bits per heavy atom. The summed E-state index contributed by atoms with van der Waals surface area (Å²) in [6.45, 7) is 2.01. The molecule has 0 fully saturated rings. The van der Waals surface area contributed by atoms with E-state index in [0.717, 1.165) is 16.1 Å². The zero-order valence-corrected chi connectivity index (χ0v) is 15.6. The van der Waals surface area contributed by atoms with E-state index >= 15 is 0 Å². The molecule has 0 saturated heterocycles. The van der Waals surface area contributed by atoms with Crippen molar-refractivity contribution in [2.24, 2.45) is 5.14 Å². The highest BCUT2D eigenvalue weighted by molar-refractivity contribution is 7.88. The van der Waals surface area contributed by atoms with E-state index in [1.54, 1.807) is 29.6 Å². The number of rotatable bonds is 5. The molecule has 0 radical (unpaired) electrons. The standard InChI is InChI=1S/C18H17N3O3S2/c1-12-2-6-14(7-3-12)18-21-16(10-25-18)17(22)20-15-8-4-13(5-9-15)11-26(19,23)24/h2-10H,11H2,1H3,(H,20,22)(H2,19,23,24). The molecule has 0 atom stereocenters. The highest BCUT2D eigenvalue weighted by Gasteiger charge is 2.12. The molecule has 3 aromatic rings. The van der Waals surface area contributed by atoms with Gasteiger partial charge in [0.05, 0.1) is 5.75 Å². The molecule has 2 aromatic carbocycles. The third-order valence-electron chi connectivity index (χ3n) is 3.61. The molecule has 0 spiro atoms. The van der Waals surface area contributed by atoms with Gasteiger partial charge in [0.25, 0.3) is 5.91 Å². The molecule has 134 valence electrons. The van der Waals surface area contributed by atoms with Crippen molar-refractivity contribution >= 4 is 33.0 Å². The molecule has 1 amide bonds. The molecule has 3 rings (SSSR count). The fraction of sp³-hybridized carbons (Fsp3) is 0.111. The Morgan fingerprint density at radius 3 is 2.38 bits per heavy atom. The maximum atomic E-state index is 12.3. The molecular formula is C18H17N3O3S2. The van der Waals surface area contributed by atoms with Gasteiger partial charge in [-0.05, 0) is 24.6 Å². The Hall–Kier alpha value is -2.55. The monoisotopic (exact) mass is 387 g/mol. The number of hydrogen-bond donors (Lipinski definition) is 2. The first-order chi connectivity index (χ1) is 12.3. The van der Waals surface area contributed by atoms with E-state index < -0.39 is 10.0 Å². The van der Waals surface area contributed by atoms with Gasteiger partial charge in [-0.25, -0.2) is 18.5 Å². The SMILES string of the molecule is Cc1ccc(-c2nc(C(=O)Nc3ccc(CS(N)(=O)=O)cc3)cs2)cc1. The predicted molar refractivity (Wildman–Crippen MR) is 103 cm³/mol. The van der Waals surface area contributed by atoms with E-state index in [9.17, 15) is 13.2 Å². The maximum absolute atomic E-state index is 12.3. The molecule has 1 aromatic heterocycles. The molecule has 0 bridgehead atoms. The number of anilines is 1. The van der Waals surface area contributed by atoms with Crippen molar-refractivity contribution in [2.45, 2.75) is 12.7 Å². The van der Waals surface area contributed by atoms with Crippen LogP contribution in [-0.4, -0.2) is 19.3 Å². The number of nitrogens with one attached hydrogen (secondary N) is 1. The van der Waals surface area contributed by atoms with Crippen molar-refractivity contribution in [1.82, 2.24) is 4.98 Å². The van der Waals surface area contributed by atoms with Crippen LogP contribution in [0.25, 0.3) is 10.6 Å². The first kappa shape index (κ1) is 18.2. The van der Waals surface area contributed by atoms with Crippen LogP contribution in [0.4, 0.5) is 5.69 Å². The highest BCUT2D eigenvalue weighted by atomic mass is 32.2. The number of sulfonamides is 1. The molecule has 6 nitrogen and oxygen atoms in total. The zero-order chi connectivity index (χ0) is 18.7. The van der Waals surface area contributed by atoms with Crippen molar-refractivity contribution in [3.05, 3.63) is 70.7 Å². The van der Waals surface area contributed by atoms with Gasteiger partial charge in [0.1, 0.15) is 10.7 Å². The molecular weight excluding hydrogens is 370 g/mol. The topological polar surface area (TPSA) is 102 Å². The zero-order valence-electron chi connectivity index (χ0n) is 14.0. The van der Waals surface area contributed by atoms with Crippen LogP contribution < -0.4 is 10.5 Å². The lowest BCUT2D eigenvalue weighted by Gasteiger charge is -2.05. The number of thiazole rings is 1. The van der Waals surface area contributed by atoms with Gasteiger partial charge < -0.3 is 5.32 Å². The third kappa shape index (κ3) is 4.75. The second-order valence-corrected chi connectivity index (χ2v) is 8.33. The van der Waals surface area contributed by atoms with Crippen molar-refractivity contribution in [2.75, 3.05) is 5.32 Å². The molecule has 26 heavy (non-hydrogen) atoms. The van der Waals surface area contributed by atoms with Crippen LogP contribution in [-0.2, 0) is 15.8 Å². The van der Waals surface area contributed by atoms with E-state index in [1.165, 1.54) is 11.3 Å². The van der Waals surface area contributed by atoms with Gasteiger partial charge in [0.2, 0.25) is 10.0 Å². The number of aromatic nitrogens is 1. The Kier molecular flexibility index (Phi) is 5.17. The second kappa shape index (κ2) is 7.36. The van der Waals surface area contributed by atoms with E-state index in [0.29, 0.717) is 16.9 Å². The number of carbonyl (C=O) groups excluding carboxylic acids is 1. The number of benzene rings is 2.